The molecule has 2 amide bonds. The first-order valence-corrected chi connectivity index (χ1v) is 9.50. The van der Waals surface area contributed by atoms with Crippen molar-refractivity contribution < 1.29 is 23.7 Å². The van der Waals surface area contributed by atoms with Gasteiger partial charge in [-0.15, -0.1) is 0 Å². The smallest absolute Gasteiger partial charge is 0.315 e. The number of carbonyl (C=O) groups is 1. The van der Waals surface area contributed by atoms with Crippen LogP contribution >= 0.6 is 0 Å². The van der Waals surface area contributed by atoms with Gasteiger partial charge in [0, 0.05) is 12.3 Å². The van der Waals surface area contributed by atoms with Gasteiger partial charge in [0.2, 0.25) is 5.88 Å². The SMILES string of the molecule is COc1cccc(CNC(=O)N[C@H]2CO[C@H]3[C@@H]2OC[C@@H]3Oc2cccnc2C)n1. The van der Waals surface area contributed by atoms with Crippen LogP contribution in [0.4, 0.5) is 4.79 Å². The molecule has 0 spiro atoms. The summed E-state index contributed by atoms with van der Waals surface area (Å²) in [6, 6.07) is 8.55. The molecule has 2 N–H and O–H groups in total. The van der Waals surface area contributed by atoms with E-state index in [1.807, 2.05) is 31.2 Å². The number of carbonyl (C=O) groups excluding carboxylic acids is 1. The van der Waals surface area contributed by atoms with Crippen molar-refractivity contribution >= 4 is 6.03 Å². The second-order valence-electron chi connectivity index (χ2n) is 6.94. The van der Waals surface area contributed by atoms with Crippen LogP contribution in [0.25, 0.3) is 0 Å². The van der Waals surface area contributed by atoms with E-state index in [0.29, 0.717) is 30.5 Å². The van der Waals surface area contributed by atoms with Gasteiger partial charge in [-0.3, -0.25) is 4.98 Å². The second kappa shape index (κ2) is 8.62. The minimum Gasteiger partial charge on any atom is -0.483 e. The first-order chi connectivity index (χ1) is 14.1. The molecule has 9 nitrogen and oxygen atoms in total. The maximum Gasteiger partial charge on any atom is 0.315 e. The van der Waals surface area contributed by atoms with Gasteiger partial charge >= 0.3 is 6.03 Å². The fourth-order valence-electron chi connectivity index (χ4n) is 3.51. The van der Waals surface area contributed by atoms with Crippen LogP contribution in [0.2, 0.25) is 0 Å². The zero-order valence-electron chi connectivity index (χ0n) is 16.3. The minimum atomic E-state index is -0.306. The number of rotatable bonds is 6. The number of hydrogen-bond donors (Lipinski definition) is 2. The van der Waals surface area contributed by atoms with Gasteiger partial charge in [0.1, 0.15) is 18.0 Å². The molecule has 0 radical (unpaired) electrons. The van der Waals surface area contributed by atoms with Crippen LogP contribution in [-0.2, 0) is 16.0 Å². The van der Waals surface area contributed by atoms with Gasteiger partial charge in [-0.1, -0.05) is 6.07 Å². The maximum atomic E-state index is 12.3. The molecule has 0 saturated carbocycles. The van der Waals surface area contributed by atoms with Crippen LogP contribution in [-0.4, -0.2) is 60.7 Å². The lowest BCUT2D eigenvalue weighted by molar-refractivity contribution is 0.0299. The molecule has 9 heteroatoms. The fraction of sp³-hybridized carbons (Fsp3) is 0.450. The molecule has 4 rings (SSSR count). The molecule has 2 fully saturated rings. The lowest BCUT2D eigenvalue weighted by Crippen LogP contribution is -2.48. The summed E-state index contributed by atoms with van der Waals surface area (Å²) in [5.74, 6) is 1.22. The van der Waals surface area contributed by atoms with Gasteiger partial charge in [0.05, 0.1) is 44.3 Å². The van der Waals surface area contributed by atoms with E-state index >= 15 is 0 Å². The van der Waals surface area contributed by atoms with Crippen molar-refractivity contribution in [2.24, 2.45) is 0 Å². The third kappa shape index (κ3) is 4.41. The monoisotopic (exact) mass is 400 g/mol. The van der Waals surface area contributed by atoms with Gasteiger partial charge in [0.15, 0.2) is 6.10 Å². The number of ether oxygens (including phenoxy) is 4. The molecule has 2 saturated heterocycles. The molecule has 2 aromatic rings. The van der Waals surface area contributed by atoms with Gasteiger partial charge in [-0.05, 0) is 25.1 Å². The van der Waals surface area contributed by atoms with Crippen LogP contribution in [0.3, 0.4) is 0 Å². The Kier molecular flexibility index (Phi) is 5.77. The molecule has 4 heterocycles. The first-order valence-electron chi connectivity index (χ1n) is 9.50. The standard InChI is InChI=1S/C20H24N4O5/c1-12-15(6-4-8-21-12)29-16-11-28-18-14(10-27-19(16)18)24-20(25)22-9-13-5-3-7-17(23-13)26-2/h3-8,14,16,18-19H,9-11H2,1-2H3,(H2,22,24,25)/t14-,16-,18+,19+/m0/s1. The van der Waals surface area contributed by atoms with Crippen LogP contribution in [0, 0.1) is 6.92 Å². The van der Waals surface area contributed by atoms with E-state index in [2.05, 4.69) is 20.6 Å². The Labute approximate surface area is 168 Å². The number of methoxy groups -OCH3 is 1. The molecular formula is C20H24N4O5. The van der Waals surface area contributed by atoms with Gasteiger partial charge in [-0.2, -0.15) is 0 Å². The number of pyridine rings is 2. The predicted molar refractivity (Wildman–Crippen MR) is 103 cm³/mol. The highest BCUT2D eigenvalue weighted by molar-refractivity contribution is 5.74. The van der Waals surface area contributed by atoms with Crippen LogP contribution < -0.4 is 20.1 Å². The van der Waals surface area contributed by atoms with Crippen LogP contribution in [0.5, 0.6) is 11.6 Å². The molecule has 154 valence electrons. The summed E-state index contributed by atoms with van der Waals surface area (Å²) in [7, 11) is 1.55. The molecule has 0 aliphatic carbocycles. The van der Waals surface area contributed by atoms with E-state index in [9.17, 15) is 4.79 Å². The molecule has 0 bridgehead atoms. The normalized spacial score (nSPS) is 25.3. The van der Waals surface area contributed by atoms with Crippen molar-refractivity contribution in [1.29, 1.82) is 0 Å². The molecule has 29 heavy (non-hydrogen) atoms. The number of urea groups is 1. The Morgan fingerprint density at radius 2 is 2.07 bits per heavy atom. The summed E-state index contributed by atoms with van der Waals surface area (Å²) < 4.78 is 22.9. The Morgan fingerprint density at radius 3 is 2.90 bits per heavy atom. The Morgan fingerprint density at radius 1 is 1.21 bits per heavy atom. The third-order valence-electron chi connectivity index (χ3n) is 4.98. The van der Waals surface area contributed by atoms with E-state index < -0.39 is 0 Å². The second-order valence-corrected chi connectivity index (χ2v) is 6.94. The highest BCUT2D eigenvalue weighted by Gasteiger charge is 2.49. The molecule has 0 aromatic carbocycles. The zero-order chi connectivity index (χ0) is 20.2. The predicted octanol–water partition coefficient (Wildman–Crippen LogP) is 1.21. The molecule has 2 aliphatic heterocycles. The van der Waals surface area contributed by atoms with Gasteiger partial charge in [0.25, 0.3) is 0 Å². The maximum absolute atomic E-state index is 12.3. The van der Waals surface area contributed by atoms with E-state index in [1.54, 1.807) is 19.4 Å². The number of aryl methyl sites for hydroxylation is 1. The van der Waals surface area contributed by atoms with Crippen molar-refractivity contribution in [1.82, 2.24) is 20.6 Å². The van der Waals surface area contributed by atoms with Gasteiger partial charge in [-0.25, -0.2) is 9.78 Å². The summed E-state index contributed by atoms with van der Waals surface area (Å²) in [4.78, 5) is 20.8. The molecule has 2 aliphatic rings. The Hall–Kier alpha value is -2.91. The van der Waals surface area contributed by atoms with Crippen LogP contribution in [0.15, 0.2) is 36.5 Å². The average molecular weight is 400 g/mol. The number of fused-ring (bicyclic) bond motifs is 1. The Balaban J connectivity index is 1.29. The lowest BCUT2D eigenvalue weighted by atomic mass is 10.1. The van der Waals surface area contributed by atoms with Crippen molar-refractivity contribution in [3.05, 3.63) is 47.9 Å². The van der Waals surface area contributed by atoms with E-state index in [1.165, 1.54) is 0 Å². The van der Waals surface area contributed by atoms with Crippen molar-refractivity contribution in [3.63, 3.8) is 0 Å². The number of hydrogen-bond acceptors (Lipinski definition) is 7. The van der Waals surface area contributed by atoms with Crippen LogP contribution in [0.1, 0.15) is 11.4 Å². The fourth-order valence-corrected chi connectivity index (χ4v) is 3.51. The Bertz CT molecular complexity index is 864. The summed E-state index contributed by atoms with van der Waals surface area (Å²) in [5.41, 5.74) is 1.52. The quantitative estimate of drug-likeness (QED) is 0.751. The van der Waals surface area contributed by atoms with E-state index in [4.69, 9.17) is 18.9 Å². The van der Waals surface area contributed by atoms with Crippen molar-refractivity contribution in [2.45, 2.75) is 37.8 Å². The lowest BCUT2D eigenvalue weighted by Gasteiger charge is -2.19. The number of nitrogens with zero attached hydrogens (tertiary/aromatic N) is 2. The third-order valence-corrected chi connectivity index (χ3v) is 4.98. The van der Waals surface area contributed by atoms with E-state index in [-0.39, 0.29) is 36.9 Å². The summed E-state index contributed by atoms with van der Waals surface area (Å²) in [6.45, 7) is 2.95. The largest absolute Gasteiger partial charge is 0.483 e. The summed E-state index contributed by atoms with van der Waals surface area (Å²) in [5, 5.41) is 5.71. The summed E-state index contributed by atoms with van der Waals surface area (Å²) in [6.07, 6.45) is 0.998. The van der Waals surface area contributed by atoms with Gasteiger partial charge < -0.3 is 29.6 Å². The van der Waals surface area contributed by atoms with Crippen molar-refractivity contribution in [2.75, 3.05) is 20.3 Å². The molecular weight excluding hydrogens is 376 g/mol. The molecule has 2 aromatic heterocycles. The number of aromatic nitrogens is 2. The topological polar surface area (TPSA) is 104 Å². The number of nitrogens with one attached hydrogen (secondary N) is 2. The molecule has 0 unspecified atom stereocenters. The average Bonchev–Trinajstić information content (AvgIpc) is 3.32. The minimum absolute atomic E-state index is 0.236. The highest BCUT2D eigenvalue weighted by atomic mass is 16.6. The zero-order valence-corrected chi connectivity index (χ0v) is 16.3. The van der Waals surface area contributed by atoms with E-state index in [0.717, 1.165) is 5.69 Å². The molecule has 4 atom stereocenters. The first kappa shape index (κ1) is 19.4. The van der Waals surface area contributed by atoms with Crippen molar-refractivity contribution in [3.8, 4) is 11.6 Å². The highest BCUT2D eigenvalue weighted by Crippen LogP contribution is 2.30. The summed E-state index contributed by atoms with van der Waals surface area (Å²) >= 11 is 0. The number of amides is 2.